The predicted octanol–water partition coefficient (Wildman–Crippen LogP) is 5.46. The van der Waals surface area contributed by atoms with Crippen molar-refractivity contribution in [3.8, 4) is 22.7 Å². The summed E-state index contributed by atoms with van der Waals surface area (Å²) in [7, 11) is 0. The lowest BCUT2D eigenvalue weighted by Crippen LogP contribution is -2.49. The zero-order valence-electron chi connectivity index (χ0n) is 20.8. The topological polar surface area (TPSA) is 93.7 Å². The molecule has 0 radical (unpaired) electrons. The van der Waals surface area contributed by atoms with E-state index in [0.717, 1.165) is 11.4 Å². The Hall–Kier alpha value is -4.37. The molecule has 0 unspecified atom stereocenters. The molecule has 38 heavy (non-hydrogen) atoms. The number of nitro groups is 1. The Morgan fingerprint density at radius 3 is 2.47 bits per heavy atom. The van der Waals surface area contributed by atoms with Gasteiger partial charge in [0, 0.05) is 43.9 Å². The van der Waals surface area contributed by atoms with Gasteiger partial charge in [0.15, 0.2) is 0 Å². The molecule has 1 fully saturated rings. The highest BCUT2D eigenvalue weighted by atomic mass is 35.5. The van der Waals surface area contributed by atoms with Crippen molar-refractivity contribution in [3.05, 3.63) is 99.7 Å². The zero-order chi connectivity index (χ0) is 26.6. The number of anilines is 1. The molecule has 2 heterocycles. The van der Waals surface area contributed by atoms with E-state index in [1.807, 2.05) is 49.4 Å². The molecule has 1 saturated heterocycles. The van der Waals surface area contributed by atoms with Gasteiger partial charge in [0.1, 0.15) is 11.4 Å². The Balaban J connectivity index is 1.45. The summed E-state index contributed by atoms with van der Waals surface area (Å²) >= 11 is 6.42. The molecular formula is C28H26ClN5O4. The normalized spacial score (nSPS) is 13.4. The van der Waals surface area contributed by atoms with E-state index in [1.54, 1.807) is 29.2 Å². The third-order valence-corrected chi connectivity index (χ3v) is 6.77. The lowest BCUT2D eigenvalue weighted by atomic mass is 10.1. The van der Waals surface area contributed by atoms with E-state index in [4.69, 9.17) is 16.3 Å². The summed E-state index contributed by atoms with van der Waals surface area (Å²) < 4.78 is 7.25. The number of halogens is 1. The summed E-state index contributed by atoms with van der Waals surface area (Å²) in [4.78, 5) is 28.7. The molecule has 0 spiro atoms. The van der Waals surface area contributed by atoms with E-state index in [1.165, 1.54) is 16.8 Å². The van der Waals surface area contributed by atoms with Crippen molar-refractivity contribution in [2.75, 3.05) is 37.7 Å². The third kappa shape index (κ3) is 5.05. The summed E-state index contributed by atoms with van der Waals surface area (Å²) in [5.74, 6) is 0.614. The minimum Gasteiger partial charge on any atom is -0.492 e. The highest BCUT2D eigenvalue weighted by Crippen LogP contribution is 2.31. The molecule has 0 saturated carbocycles. The van der Waals surface area contributed by atoms with Gasteiger partial charge in [-0.3, -0.25) is 14.9 Å². The van der Waals surface area contributed by atoms with Crippen molar-refractivity contribution < 1.29 is 14.5 Å². The van der Waals surface area contributed by atoms with E-state index >= 15 is 0 Å². The van der Waals surface area contributed by atoms with Crippen molar-refractivity contribution >= 4 is 28.9 Å². The SMILES string of the molecule is CCOc1ccccc1N1CCN(C(=O)c2cc(-c3ccccc3Cl)nn2-c2cccc([N+](=O)[O-])c2)CC1. The van der Waals surface area contributed by atoms with Crippen molar-refractivity contribution in [2.45, 2.75) is 6.92 Å². The molecule has 4 aromatic rings. The number of hydrogen-bond donors (Lipinski definition) is 0. The lowest BCUT2D eigenvalue weighted by Gasteiger charge is -2.36. The van der Waals surface area contributed by atoms with Gasteiger partial charge in [-0.2, -0.15) is 5.10 Å². The predicted molar refractivity (Wildman–Crippen MR) is 146 cm³/mol. The number of carbonyl (C=O) groups excluding carboxylic acids is 1. The smallest absolute Gasteiger partial charge is 0.272 e. The number of ether oxygens (including phenoxy) is 1. The van der Waals surface area contributed by atoms with E-state index < -0.39 is 4.92 Å². The molecule has 1 aliphatic rings. The number of hydrogen-bond acceptors (Lipinski definition) is 6. The molecule has 0 atom stereocenters. The maximum atomic E-state index is 13.8. The molecule has 1 aromatic heterocycles. The Bertz CT molecular complexity index is 1480. The molecule has 0 aliphatic carbocycles. The molecule has 5 rings (SSSR count). The first-order valence-electron chi connectivity index (χ1n) is 12.3. The van der Waals surface area contributed by atoms with Gasteiger partial charge < -0.3 is 14.5 Å². The molecule has 0 N–H and O–H groups in total. The third-order valence-electron chi connectivity index (χ3n) is 6.44. The van der Waals surface area contributed by atoms with Crippen LogP contribution < -0.4 is 9.64 Å². The minimum atomic E-state index is -0.469. The Labute approximate surface area is 225 Å². The molecule has 194 valence electrons. The van der Waals surface area contributed by atoms with E-state index in [9.17, 15) is 14.9 Å². The largest absolute Gasteiger partial charge is 0.492 e. The number of aromatic nitrogens is 2. The number of piperazine rings is 1. The summed E-state index contributed by atoms with van der Waals surface area (Å²) in [5.41, 5.74) is 2.83. The van der Waals surface area contributed by atoms with Crippen LogP contribution in [0.4, 0.5) is 11.4 Å². The second-order valence-corrected chi connectivity index (χ2v) is 9.17. The minimum absolute atomic E-state index is 0.0859. The Morgan fingerprint density at radius 2 is 1.74 bits per heavy atom. The van der Waals surface area contributed by atoms with Crippen LogP contribution >= 0.6 is 11.6 Å². The van der Waals surface area contributed by atoms with Gasteiger partial charge >= 0.3 is 0 Å². The van der Waals surface area contributed by atoms with Gasteiger partial charge in [0.25, 0.3) is 11.6 Å². The number of amides is 1. The van der Waals surface area contributed by atoms with Crippen LogP contribution in [0.1, 0.15) is 17.4 Å². The van der Waals surface area contributed by atoms with Crippen molar-refractivity contribution in [3.63, 3.8) is 0 Å². The van der Waals surface area contributed by atoms with Crippen LogP contribution in [0, 0.1) is 10.1 Å². The van der Waals surface area contributed by atoms with Gasteiger partial charge in [-0.05, 0) is 37.3 Å². The van der Waals surface area contributed by atoms with Crippen molar-refractivity contribution in [1.82, 2.24) is 14.7 Å². The average molecular weight is 532 g/mol. The quantitative estimate of drug-likeness (QED) is 0.232. The zero-order valence-corrected chi connectivity index (χ0v) is 21.5. The maximum Gasteiger partial charge on any atom is 0.272 e. The fourth-order valence-electron chi connectivity index (χ4n) is 4.58. The monoisotopic (exact) mass is 531 g/mol. The number of non-ortho nitro benzene ring substituents is 1. The van der Waals surface area contributed by atoms with Crippen LogP contribution in [0.15, 0.2) is 78.9 Å². The van der Waals surface area contributed by atoms with Gasteiger partial charge in [-0.25, -0.2) is 4.68 Å². The highest BCUT2D eigenvalue weighted by Gasteiger charge is 2.28. The Morgan fingerprint density at radius 1 is 1.00 bits per heavy atom. The van der Waals surface area contributed by atoms with Gasteiger partial charge in [-0.1, -0.05) is 48.0 Å². The van der Waals surface area contributed by atoms with Gasteiger partial charge in [0.05, 0.1) is 33.6 Å². The summed E-state index contributed by atoms with van der Waals surface area (Å²) in [5, 5.41) is 16.6. The first-order valence-corrected chi connectivity index (χ1v) is 12.7. The van der Waals surface area contributed by atoms with E-state index in [2.05, 4.69) is 10.00 Å². The Kier molecular flexibility index (Phi) is 7.28. The second-order valence-electron chi connectivity index (χ2n) is 8.76. The highest BCUT2D eigenvalue weighted by molar-refractivity contribution is 6.33. The van der Waals surface area contributed by atoms with Gasteiger partial charge in [0.2, 0.25) is 0 Å². The maximum absolute atomic E-state index is 13.8. The van der Waals surface area contributed by atoms with Crippen LogP contribution in [0.2, 0.25) is 5.02 Å². The van der Waals surface area contributed by atoms with Crippen LogP contribution in [0.3, 0.4) is 0 Å². The number of rotatable bonds is 7. The van der Waals surface area contributed by atoms with Crippen LogP contribution in [0.25, 0.3) is 16.9 Å². The van der Waals surface area contributed by atoms with Crippen LogP contribution in [0.5, 0.6) is 5.75 Å². The number of para-hydroxylation sites is 2. The summed E-state index contributed by atoms with van der Waals surface area (Å²) in [6.45, 7) is 4.80. The molecule has 0 bridgehead atoms. The molecule has 1 aliphatic heterocycles. The van der Waals surface area contributed by atoms with Crippen LogP contribution in [-0.2, 0) is 0 Å². The molecule has 1 amide bonds. The molecule has 10 heteroatoms. The first-order chi connectivity index (χ1) is 18.5. The number of nitrogens with zero attached hydrogens (tertiary/aromatic N) is 5. The standard InChI is InChI=1S/C28H26ClN5O4/c1-2-38-27-13-6-5-12-25(27)31-14-16-32(17-15-31)28(35)26-19-24(22-10-3-4-11-23(22)29)30-33(26)20-8-7-9-21(18-20)34(36)37/h3-13,18-19H,2,14-17H2,1H3. The fourth-order valence-corrected chi connectivity index (χ4v) is 4.81. The average Bonchev–Trinajstić information content (AvgIpc) is 3.39. The van der Waals surface area contributed by atoms with Crippen molar-refractivity contribution in [2.24, 2.45) is 0 Å². The molecule has 9 nitrogen and oxygen atoms in total. The molecular weight excluding hydrogens is 506 g/mol. The fraction of sp³-hybridized carbons (Fsp3) is 0.214. The van der Waals surface area contributed by atoms with Gasteiger partial charge in [-0.15, -0.1) is 0 Å². The summed E-state index contributed by atoms with van der Waals surface area (Å²) in [6, 6.07) is 22.9. The van der Waals surface area contributed by atoms with E-state index in [0.29, 0.717) is 60.4 Å². The number of benzene rings is 3. The second kappa shape index (κ2) is 10.9. The first kappa shape index (κ1) is 25.3. The number of nitro benzene ring substituents is 1. The lowest BCUT2D eigenvalue weighted by molar-refractivity contribution is -0.384. The molecule has 3 aromatic carbocycles. The summed E-state index contributed by atoms with van der Waals surface area (Å²) in [6.07, 6.45) is 0. The van der Waals surface area contributed by atoms with Crippen molar-refractivity contribution in [1.29, 1.82) is 0 Å². The van der Waals surface area contributed by atoms with E-state index in [-0.39, 0.29) is 11.6 Å². The number of carbonyl (C=O) groups is 1. The van der Waals surface area contributed by atoms with Crippen LogP contribution in [-0.4, -0.2) is 58.3 Å².